The lowest BCUT2D eigenvalue weighted by Gasteiger charge is -2.14. The number of non-ortho nitro benzene ring substituents is 1. The van der Waals surface area contributed by atoms with Crippen LogP contribution in [0.5, 0.6) is 5.75 Å². The quantitative estimate of drug-likeness (QED) is 0.209. The van der Waals surface area contributed by atoms with Crippen LogP contribution in [0, 0.1) is 10.1 Å². The first-order chi connectivity index (χ1) is 15.8. The van der Waals surface area contributed by atoms with E-state index in [-0.39, 0.29) is 22.9 Å². The third kappa shape index (κ3) is 4.89. The van der Waals surface area contributed by atoms with Gasteiger partial charge < -0.3 is 4.74 Å². The SMILES string of the molecule is O=C1NN(c2ccccc2)C(=O)/C1=C\c1cc(Cl)c(OCc2cccc([N+](=O)[O-])c2)c(Br)c1. The van der Waals surface area contributed by atoms with Crippen molar-refractivity contribution >= 4 is 56.8 Å². The number of carbonyl (C=O) groups is 2. The molecule has 0 aliphatic carbocycles. The second-order valence-corrected chi connectivity index (χ2v) is 8.27. The molecule has 1 N–H and O–H groups in total. The van der Waals surface area contributed by atoms with Crippen molar-refractivity contribution in [1.29, 1.82) is 0 Å². The number of nitrogens with zero attached hydrogens (tertiary/aromatic N) is 2. The molecule has 1 aliphatic rings. The summed E-state index contributed by atoms with van der Waals surface area (Å²) in [5, 5.41) is 12.4. The first-order valence-corrected chi connectivity index (χ1v) is 10.8. The highest BCUT2D eigenvalue weighted by Gasteiger charge is 2.34. The van der Waals surface area contributed by atoms with Crippen LogP contribution in [0.2, 0.25) is 5.02 Å². The highest BCUT2D eigenvalue weighted by molar-refractivity contribution is 9.10. The lowest BCUT2D eigenvalue weighted by atomic mass is 10.1. The van der Waals surface area contributed by atoms with Crippen LogP contribution in [0.1, 0.15) is 11.1 Å². The van der Waals surface area contributed by atoms with Gasteiger partial charge in [0.15, 0.2) is 5.75 Å². The minimum Gasteiger partial charge on any atom is -0.486 e. The Kier molecular flexibility index (Phi) is 6.43. The van der Waals surface area contributed by atoms with Gasteiger partial charge in [-0.05, 0) is 57.4 Å². The van der Waals surface area contributed by atoms with E-state index in [1.54, 1.807) is 48.5 Å². The maximum atomic E-state index is 12.7. The number of hydrazine groups is 1. The zero-order valence-corrected chi connectivity index (χ0v) is 19.2. The van der Waals surface area contributed by atoms with Gasteiger partial charge in [0.25, 0.3) is 17.5 Å². The van der Waals surface area contributed by atoms with Gasteiger partial charge in [-0.15, -0.1) is 0 Å². The molecule has 8 nitrogen and oxygen atoms in total. The van der Waals surface area contributed by atoms with E-state index in [1.807, 2.05) is 6.07 Å². The van der Waals surface area contributed by atoms with Gasteiger partial charge in [-0.25, -0.2) is 5.01 Å². The molecule has 0 bridgehead atoms. The maximum Gasteiger partial charge on any atom is 0.282 e. The molecule has 1 aliphatic heterocycles. The number of nitro groups is 1. The summed E-state index contributed by atoms with van der Waals surface area (Å²) in [6.45, 7) is 0.0629. The van der Waals surface area contributed by atoms with Crippen molar-refractivity contribution in [3.63, 3.8) is 0 Å². The molecule has 0 aromatic heterocycles. The average Bonchev–Trinajstić information content (AvgIpc) is 3.07. The number of hydrogen-bond donors (Lipinski definition) is 1. The van der Waals surface area contributed by atoms with E-state index in [0.29, 0.717) is 27.0 Å². The Labute approximate surface area is 201 Å². The second-order valence-electron chi connectivity index (χ2n) is 7.00. The van der Waals surface area contributed by atoms with Gasteiger partial charge in [0.1, 0.15) is 12.2 Å². The highest BCUT2D eigenvalue weighted by atomic mass is 79.9. The number of nitrogens with one attached hydrogen (secondary N) is 1. The predicted octanol–water partition coefficient (Wildman–Crippen LogP) is 5.05. The van der Waals surface area contributed by atoms with Crippen molar-refractivity contribution in [1.82, 2.24) is 5.43 Å². The van der Waals surface area contributed by atoms with Gasteiger partial charge in [-0.2, -0.15) is 0 Å². The Morgan fingerprint density at radius 2 is 1.85 bits per heavy atom. The van der Waals surface area contributed by atoms with Crippen molar-refractivity contribution < 1.29 is 19.2 Å². The van der Waals surface area contributed by atoms with Gasteiger partial charge in [0, 0.05) is 12.1 Å². The number of halogens is 2. The standard InChI is InChI=1S/C23H15BrClN3O5/c24-19-11-15(10-18-22(29)26-27(23(18)30)16-6-2-1-3-7-16)12-20(25)21(19)33-13-14-5-4-8-17(9-14)28(31)32/h1-12H,13H2,(H,26,29)/b18-10-. The Hall–Kier alpha value is -3.69. The van der Waals surface area contributed by atoms with Gasteiger partial charge in [0.2, 0.25) is 0 Å². The lowest BCUT2D eigenvalue weighted by Crippen LogP contribution is -2.35. The van der Waals surface area contributed by atoms with Crippen molar-refractivity contribution in [2.75, 3.05) is 5.01 Å². The molecule has 3 aromatic rings. The van der Waals surface area contributed by atoms with Crippen LogP contribution in [-0.4, -0.2) is 16.7 Å². The smallest absolute Gasteiger partial charge is 0.282 e. The molecule has 2 amide bonds. The van der Waals surface area contributed by atoms with E-state index in [1.165, 1.54) is 23.2 Å². The Morgan fingerprint density at radius 1 is 1.09 bits per heavy atom. The number of amides is 2. The summed E-state index contributed by atoms with van der Waals surface area (Å²) in [7, 11) is 0. The van der Waals surface area contributed by atoms with Crippen LogP contribution < -0.4 is 15.2 Å². The molecular formula is C23H15BrClN3O5. The van der Waals surface area contributed by atoms with Gasteiger partial charge in [-0.1, -0.05) is 41.9 Å². The molecular weight excluding hydrogens is 514 g/mol. The Bertz CT molecular complexity index is 1270. The molecule has 10 heteroatoms. The van der Waals surface area contributed by atoms with Crippen LogP contribution in [-0.2, 0) is 16.2 Å². The van der Waals surface area contributed by atoms with E-state index in [4.69, 9.17) is 16.3 Å². The van der Waals surface area contributed by atoms with Crippen LogP contribution in [0.25, 0.3) is 6.08 Å². The fraction of sp³-hybridized carbons (Fsp3) is 0.0435. The van der Waals surface area contributed by atoms with E-state index < -0.39 is 16.7 Å². The molecule has 0 saturated carbocycles. The third-order valence-electron chi connectivity index (χ3n) is 4.74. The fourth-order valence-electron chi connectivity index (χ4n) is 3.20. The normalized spacial score (nSPS) is 14.5. The number of benzene rings is 3. The lowest BCUT2D eigenvalue weighted by molar-refractivity contribution is -0.384. The summed E-state index contributed by atoms with van der Waals surface area (Å²) in [5.41, 5.74) is 4.14. The Balaban J connectivity index is 1.54. The number of ether oxygens (including phenoxy) is 1. The third-order valence-corrected chi connectivity index (χ3v) is 5.61. The predicted molar refractivity (Wildman–Crippen MR) is 127 cm³/mol. The van der Waals surface area contributed by atoms with Crippen LogP contribution >= 0.6 is 27.5 Å². The first kappa shape index (κ1) is 22.5. The summed E-state index contributed by atoms with van der Waals surface area (Å²) in [5.74, 6) is -0.676. The van der Waals surface area contributed by atoms with Gasteiger partial charge in [-0.3, -0.25) is 25.1 Å². The summed E-state index contributed by atoms with van der Waals surface area (Å²) in [6.07, 6.45) is 1.45. The molecule has 0 spiro atoms. The highest BCUT2D eigenvalue weighted by Crippen LogP contribution is 2.36. The summed E-state index contributed by atoms with van der Waals surface area (Å²) < 4.78 is 6.25. The molecule has 0 unspecified atom stereocenters. The minimum absolute atomic E-state index is 0.0349. The first-order valence-electron chi connectivity index (χ1n) is 9.61. The largest absolute Gasteiger partial charge is 0.486 e. The van der Waals surface area contributed by atoms with E-state index in [0.717, 1.165) is 0 Å². The number of para-hydroxylation sites is 1. The average molecular weight is 529 g/mol. The second kappa shape index (κ2) is 9.43. The van der Waals surface area contributed by atoms with Crippen molar-refractivity contribution in [3.8, 4) is 5.75 Å². The van der Waals surface area contributed by atoms with E-state index >= 15 is 0 Å². The molecule has 3 aromatic carbocycles. The molecule has 0 radical (unpaired) electrons. The number of carbonyl (C=O) groups excluding carboxylic acids is 2. The number of anilines is 1. The zero-order valence-electron chi connectivity index (χ0n) is 16.8. The summed E-state index contributed by atoms with van der Waals surface area (Å²) in [4.78, 5) is 35.6. The van der Waals surface area contributed by atoms with Crippen LogP contribution in [0.3, 0.4) is 0 Å². The number of nitro benzene ring substituents is 1. The minimum atomic E-state index is -0.526. The molecule has 1 fully saturated rings. The number of rotatable bonds is 6. The summed E-state index contributed by atoms with van der Waals surface area (Å²) in [6, 6.07) is 18.1. The van der Waals surface area contributed by atoms with Crippen molar-refractivity contribution in [2.24, 2.45) is 0 Å². The summed E-state index contributed by atoms with van der Waals surface area (Å²) >= 11 is 9.77. The van der Waals surface area contributed by atoms with Crippen molar-refractivity contribution in [2.45, 2.75) is 6.61 Å². The molecule has 166 valence electrons. The molecule has 33 heavy (non-hydrogen) atoms. The zero-order chi connectivity index (χ0) is 23.5. The Morgan fingerprint density at radius 3 is 2.55 bits per heavy atom. The monoisotopic (exact) mass is 527 g/mol. The maximum absolute atomic E-state index is 12.7. The van der Waals surface area contributed by atoms with Gasteiger partial charge >= 0.3 is 0 Å². The van der Waals surface area contributed by atoms with E-state index in [2.05, 4.69) is 21.4 Å². The molecule has 0 atom stereocenters. The fourth-order valence-corrected chi connectivity index (χ4v) is 4.19. The molecule has 1 heterocycles. The van der Waals surface area contributed by atoms with Crippen LogP contribution in [0.4, 0.5) is 11.4 Å². The topological polar surface area (TPSA) is 102 Å². The number of hydrogen-bond acceptors (Lipinski definition) is 5. The van der Waals surface area contributed by atoms with Gasteiger partial charge in [0.05, 0.1) is 20.1 Å². The molecule has 4 rings (SSSR count). The molecule has 1 saturated heterocycles. The van der Waals surface area contributed by atoms with E-state index in [9.17, 15) is 19.7 Å². The van der Waals surface area contributed by atoms with Crippen molar-refractivity contribution in [3.05, 3.63) is 103 Å². The van der Waals surface area contributed by atoms with Crippen LogP contribution in [0.15, 0.2) is 76.8 Å².